The molecule has 2 heterocycles. The Morgan fingerprint density at radius 2 is 0.755 bits per heavy atom. The third-order valence-corrected chi connectivity index (χ3v) is 16.1. The van der Waals surface area contributed by atoms with Crippen LogP contribution >= 0.6 is 23.2 Å². The van der Waals surface area contributed by atoms with Crippen molar-refractivity contribution in [2.75, 3.05) is 22.9 Å². The summed E-state index contributed by atoms with van der Waals surface area (Å²) in [6, 6.07) is 10.0. The van der Waals surface area contributed by atoms with E-state index >= 15 is 0 Å². The number of nitrogens with one attached hydrogen (secondary N) is 2. The summed E-state index contributed by atoms with van der Waals surface area (Å²) in [5.41, 5.74) is 25.7. The van der Waals surface area contributed by atoms with Crippen LogP contribution in [0.1, 0.15) is 291 Å². The number of halogens is 2. The molecule has 0 fully saturated rings. The van der Waals surface area contributed by atoms with Crippen molar-refractivity contribution < 1.29 is 69.6 Å². The summed E-state index contributed by atoms with van der Waals surface area (Å²) < 4.78 is 0. The number of carbonyl (C=O) groups is 6. The van der Waals surface area contributed by atoms with Crippen LogP contribution in [0, 0.1) is 22.7 Å². The van der Waals surface area contributed by atoms with Gasteiger partial charge in [-0.05, 0) is 112 Å². The second kappa shape index (κ2) is 55.6. The Bertz CT molecular complexity index is 2780. The van der Waals surface area contributed by atoms with Crippen LogP contribution in [0.2, 0.25) is 10.3 Å². The molecule has 2 aromatic heterocycles. The standard InChI is InChI=1S/2C17H26O3.2C16H26ClN5O.2C3H6O3/c2*1-3-4-5-13(2)6-8-16(19)14-7-9-17(20)15(12-14)10-11-18;2*1-2-3-4-5-6-7-8-9-11(18)10-12(23)13-15(19)22-16(20)14(17)21-13;2*1-2(4)3(5)6/h2*7,9,11-13,16,19-20H,3-6,8,10H2,1-2H3;2*18H,2-10H2,1H3,(H4,19,20,22);2*2,4H,1H3,(H,5,6)/t13-,16+;13-,16-;;;2*2-/m10..00/s1. The van der Waals surface area contributed by atoms with Gasteiger partial charge in [0.2, 0.25) is 0 Å². The predicted octanol–water partition coefficient (Wildman–Crippen LogP) is 14.5. The molecule has 4 rings (SSSR count). The smallest absolute Gasteiger partial charge is 0.332 e. The number of hydrogen-bond donors (Lipinski definition) is 14. The number of anilines is 4. The molecule has 0 bridgehead atoms. The van der Waals surface area contributed by atoms with Crippen LogP contribution in [0.15, 0.2) is 36.4 Å². The van der Waals surface area contributed by atoms with E-state index in [0.29, 0.717) is 47.2 Å². The van der Waals surface area contributed by atoms with E-state index in [2.05, 4.69) is 61.5 Å². The van der Waals surface area contributed by atoms with Crippen LogP contribution in [0.5, 0.6) is 11.5 Å². The highest BCUT2D eigenvalue weighted by atomic mass is 35.5. The number of aromatic hydroxyl groups is 2. The molecule has 0 saturated heterocycles. The lowest BCUT2D eigenvalue weighted by Crippen LogP contribution is -2.14. The number of benzene rings is 2. The van der Waals surface area contributed by atoms with Gasteiger partial charge in [0, 0.05) is 35.4 Å². The van der Waals surface area contributed by atoms with E-state index in [9.17, 15) is 49.2 Å². The van der Waals surface area contributed by atoms with Crippen molar-refractivity contribution in [1.82, 2.24) is 19.9 Å². The Morgan fingerprint density at radius 3 is 1.04 bits per heavy atom. The molecule has 24 nitrogen and oxygen atoms in total. The summed E-state index contributed by atoms with van der Waals surface area (Å²) in [6.45, 7) is 15.6. The first-order valence-corrected chi connectivity index (χ1v) is 35.2. The summed E-state index contributed by atoms with van der Waals surface area (Å²) >= 11 is 11.5. The maximum atomic E-state index is 12.1. The zero-order valence-electron chi connectivity index (χ0n) is 59.2. The van der Waals surface area contributed by atoms with Crippen LogP contribution < -0.4 is 22.9 Å². The number of phenolic OH excluding ortho intramolecular Hbond substituents is 2. The van der Waals surface area contributed by atoms with Crippen molar-refractivity contribution in [1.29, 1.82) is 10.8 Å². The van der Waals surface area contributed by atoms with E-state index < -0.39 is 36.4 Å². The molecule has 4 aromatic rings. The third-order valence-electron chi connectivity index (χ3n) is 15.5. The largest absolute Gasteiger partial charge is 0.508 e. The number of carboxylic acid groups (broad SMARTS) is 2. The van der Waals surface area contributed by atoms with Gasteiger partial charge in [-0.25, -0.2) is 29.5 Å². The lowest BCUT2D eigenvalue weighted by atomic mass is 9.94. The number of Topliss-reactive ketones (excluding diaryl/α,β-unsaturated/α-hetero) is 2. The second-order valence-corrected chi connectivity index (χ2v) is 25.4. The molecule has 0 radical (unpaired) electrons. The molecular formula is C72H116Cl2N10O14. The van der Waals surface area contributed by atoms with Gasteiger partial charge >= 0.3 is 11.9 Å². The van der Waals surface area contributed by atoms with Gasteiger partial charge in [-0.1, -0.05) is 192 Å². The molecular weight excluding hydrogens is 1300 g/mol. The van der Waals surface area contributed by atoms with Crippen molar-refractivity contribution in [3.05, 3.63) is 80.3 Å². The Kier molecular flexibility index (Phi) is 52.7. The number of phenols is 2. The topological polar surface area (TPSA) is 468 Å². The Morgan fingerprint density at radius 1 is 0.459 bits per heavy atom. The van der Waals surface area contributed by atoms with Gasteiger partial charge in [-0.2, -0.15) is 0 Å². The normalized spacial score (nSPS) is 12.4. The van der Waals surface area contributed by atoms with Crippen LogP contribution in [-0.2, 0) is 32.0 Å². The highest BCUT2D eigenvalue weighted by Crippen LogP contribution is 2.30. The number of aliphatic carboxylic acids is 2. The van der Waals surface area contributed by atoms with E-state index in [1.54, 1.807) is 36.4 Å². The van der Waals surface area contributed by atoms with Crippen molar-refractivity contribution in [2.24, 2.45) is 11.8 Å². The number of aliphatic hydroxyl groups is 4. The lowest BCUT2D eigenvalue weighted by Gasteiger charge is -2.16. The number of nitrogen functional groups attached to an aromatic ring is 4. The van der Waals surface area contributed by atoms with Crippen molar-refractivity contribution in [2.45, 2.75) is 272 Å². The van der Waals surface area contributed by atoms with Crippen LogP contribution in [0.25, 0.3) is 0 Å². The maximum Gasteiger partial charge on any atom is 0.332 e. The average Bonchev–Trinajstić information content (AvgIpc) is 0.873. The maximum absolute atomic E-state index is 12.1. The zero-order valence-corrected chi connectivity index (χ0v) is 60.7. The highest BCUT2D eigenvalue weighted by Gasteiger charge is 2.20. The first kappa shape index (κ1) is 92.8. The average molecular weight is 1420 g/mol. The predicted molar refractivity (Wildman–Crippen MR) is 390 cm³/mol. The molecule has 0 unspecified atom stereocenters. The number of ketones is 2. The Labute approximate surface area is 590 Å². The van der Waals surface area contributed by atoms with Crippen molar-refractivity contribution in [3.63, 3.8) is 0 Å². The minimum Gasteiger partial charge on any atom is -0.508 e. The minimum absolute atomic E-state index is 0.00105. The molecule has 0 spiro atoms. The SMILES string of the molecule is CCCCCCCCCC(=N)CC(=O)c1nc(Cl)c(N)nc1N.CCCCCCCCCC(=N)CC(=O)c1nc(Cl)c(N)nc1N.CCCC[C@@H](C)CC[C@H](O)c1ccc(O)c(CC=O)c1.CCCC[C@H](C)CC[C@H](O)c1ccc(O)c(CC=O)c1.C[C@H](O)C(=O)O.C[C@H](O)C(=O)O. The fraction of sp³-hybridized carbons (Fsp3) is 0.611. The summed E-state index contributed by atoms with van der Waals surface area (Å²) in [5.74, 6) is -1.67. The first-order chi connectivity index (χ1) is 46.3. The molecule has 6 atom stereocenters. The summed E-state index contributed by atoms with van der Waals surface area (Å²) in [6.07, 6.45) is 26.9. The Balaban J connectivity index is 0. The number of hydrogen-bond acceptors (Lipinski definition) is 22. The van der Waals surface area contributed by atoms with Gasteiger partial charge in [0.15, 0.2) is 56.5 Å². The molecule has 18 N–H and O–H groups in total. The van der Waals surface area contributed by atoms with Gasteiger partial charge in [0.05, 0.1) is 25.0 Å². The highest BCUT2D eigenvalue weighted by molar-refractivity contribution is 6.32. The van der Waals surface area contributed by atoms with Gasteiger partial charge in [-0.15, -0.1) is 0 Å². The number of carbonyl (C=O) groups excluding carboxylic acids is 4. The number of unbranched alkanes of at least 4 members (excludes halogenated alkanes) is 14. The number of carboxylic acids is 2. The lowest BCUT2D eigenvalue weighted by molar-refractivity contribution is -0.146. The molecule has 26 heteroatoms. The van der Waals surface area contributed by atoms with E-state index in [4.69, 9.17) is 77.4 Å². The van der Waals surface area contributed by atoms with E-state index in [0.717, 1.165) is 75.1 Å². The number of rotatable bonds is 42. The fourth-order valence-electron chi connectivity index (χ4n) is 9.36. The molecule has 0 aliphatic rings. The molecule has 98 heavy (non-hydrogen) atoms. The molecule has 0 amide bonds. The van der Waals surface area contributed by atoms with Gasteiger partial charge < -0.3 is 84.2 Å². The van der Waals surface area contributed by atoms with E-state index in [1.807, 2.05) is 0 Å². The summed E-state index contributed by atoms with van der Waals surface area (Å²) in [7, 11) is 0. The molecule has 0 aliphatic carbocycles. The molecule has 2 aromatic carbocycles. The first-order valence-electron chi connectivity index (χ1n) is 34.4. The number of nitrogens with two attached hydrogens (primary N) is 4. The number of aldehydes is 2. The third kappa shape index (κ3) is 43.9. The summed E-state index contributed by atoms with van der Waals surface area (Å²) in [4.78, 5) is 79.5. The van der Waals surface area contributed by atoms with Gasteiger partial charge in [-0.3, -0.25) is 9.59 Å². The second-order valence-electron chi connectivity index (χ2n) is 24.6. The van der Waals surface area contributed by atoms with Crippen molar-refractivity contribution in [3.8, 4) is 11.5 Å². The van der Waals surface area contributed by atoms with E-state index in [1.165, 1.54) is 117 Å². The molecule has 0 aliphatic heterocycles. The van der Waals surface area contributed by atoms with Crippen LogP contribution in [0.4, 0.5) is 23.3 Å². The minimum atomic E-state index is -1.23. The van der Waals surface area contributed by atoms with Gasteiger partial charge in [0.25, 0.3) is 0 Å². The fourth-order valence-corrected chi connectivity index (χ4v) is 9.61. The quantitative estimate of drug-likeness (QED) is 0.00848. The van der Waals surface area contributed by atoms with Gasteiger partial charge in [0.1, 0.15) is 36.3 Å². The zero-order chi connectivity index (χ0) is 74.7. The Hall–Kier alpha value is -7.22. The van der Waals surface area contributed by atoms with Crippen molar-refractivity contribution >= 4 is 94.0 Å². The number of nitrogens with zero attached hydrogens (tertiary/aromatic N) is 4. The number of aromatic nitrogens is 4. The number of aliphatic hydroxyl groups excluding tert-OH is 4. The van der Waals surface area contributed by atoms with E-state index in [-0.39, 0.29) is 93.7 Å². The summed E-state index contributed by atoms with van der Waals surface area (Å²) in [5, 5.41) is 86.9. The molecule has 0 saturated carbocycles. The van der Waals surface area contributed by atoms with Crippen LogP contribution in [-0.4, -0.2) is 120 Å². The monoisotopic (exact) mass is 1410 g/mol. The molecule has 552 valence electrons. The van der Waals surface area contributed by atoms with Crippen LogP contribution in [0.3, 0.4) is 0 Å².